The van der Waals surface area contributed by atoms with E-state index in [2.05, 4.69) is 21.3 Å². The lowest BCUT2D eigenvalue weighted by atomic mass is 9.89. The molecule has 1 aliphatic heterocycles. The van der Waals surface area contributed by atoms with Gasteiger partial charge in [0.1, 0.15) is 42.2 Å². The van der Waals surface area contributed by atoms with Gasteiger partial charge in [-0.05, 0) is 77.1 Å². The fraction of sp³-hybridized carbons (Fsp3) is 0.340. The Balaban J connectivity index is 1.10. The minimum absolute atomic E-state index is 0.00275. The number of carbonyl (C=O) groups is 5. The van der Waals surface area contributed by atoms with Crippen molar-refractivity contribution in [3.63, 3.8) is 0 Å². The fourth-order valence-electron chi connectivity index (χ4n) is 8.10. The number of amides is 4. The molecule has 2 aliphatic rings. The van der Waals surface area contributed by atoms with Crippen molar-refractivity contribution >= 4 is 40.7 Å². The topological polar surface area (TPSA) is 191 Å². The quantitative estimate of drug-likeness (QED) is 0.0670. The molecule has 0 spiro atoms. The van der Waals surface area contributed by atoms with Crippen LogP contribution in [0.1, 0.15) is 61.8 Å². The van der Waals surface area contributed by atoms with Gasteiger partial charge < -0.3 is 45.3 Å². The molecule has 14 heteroatoms. The summed E-state index contributed by atoms with van der Waals surface area (Å²) in [7, 11) is 0. The van der Waals surface area contributed by atoms with Crippen molar-refractivity contribution in [3.8, 4) is 16.9 Å². The number of ether oxygens (including phenoxy) is 4. The molecule has 2 atom stereocenters. The van der Waals surface area contributed by atoms with Gasteiger partial charge in [0.15, 0.2) is 0 Å². The highest BCUT2D eigenvalue weighted by Crippen LogP contribution is 2.44. The molecular formula is C50H54N4O10. The molecule has 1 fully saturated rings. The normalized spacial score (nSPS) is 15.1. The highest BCUT2D eigenvalue weighted by atomic mass is 16.6. The zero-order valence-electron chi connectivity index (χ0n) is 36.2. The van der Waals surface area contributed by atoms with Crippen LogP contribution in [0.5, 0.6) is 5.75 Å². The molecule has 64 heavy (non-hydrogen) atoms. The van der Waals surface area contributed by atoms with E-state index >= 15 is 0 Å². The number of nitrogens with one attached hydrogen (secondary N) is 4. The van der Waals surface area contributed by atoms with Gasteiger partial charge in [-0.3, -0.25) is 9.59 Å². The minimum Gasteiger partial charge on any atom is -0.492 e. The Morgan fingerprint density at radius 2 is 1.31 bits per heavy atom. The van der Waals surface area contributed by atoms with Crippen LogP contribution in [0.3, 0.4) is 0 Å². The number of carboxylic acid groups (broad SMARTS) is 1. The zero-order chi connectivity index (χ0) is 45.3. The first-order valence-electron chi connectivity index (χ1n) is 21.5. The van der Waals surface area contributed by atoms with Crippen LogP contribution in [-0.4, -0.2) is 91.3 Å². The minimum atomic E-state index is -1.59. The van der Waals surface area contributed by atoms with Crippen molar-refractivity contribution < 1.29 is 48.0 Å². The first-order valence-corrected chi connectivity index (χ1v) is 21.5. The van der Waals surface area contributed by atoms with Gasteiger partial charge >= 0.3 is 18.2 Å². The van der Waals surface area contributed by atoms with Crippen LogP contribution in [0.15, 0.2) is 115 Å². The van der Waals surface area contributed by atoms with E-state index in [1.807, 2.05) is 91.0 Å². The Hall–Kier alpha value is -6.93. The standard InChI is InChI=1S/C50H54N4O10/c1-49(2,3)64-47(59)51-24-27-62-36-20-17-32(18-21-36)29-42(53-48(60)63-31-41-39-14-8-6-12-37(39)38-13-7-9-15-40(38)41)44(55)52-43(30-33-16-19-34-10-4-5-11-35(34)28-33)45(56)54-50(46(57)58)22-25-61-26-23-50/h4-21,28,41-43H,22-27,29-31H2,1-3H3,(H,51,59)(H,52,55)(H,53,60)(H,54,56)(H,57,58)/t42-,43-/m0/s1. The van der Waals surface area contributed by atoms with Gasteiger partial charge in [0, 0.05) is 44.8 Å². The summed E-state index contributed by atoms with van der Waals surface area (Å²) < 4.78 is 22.3. The summed E-state index contributed by atoms with van der Waals surface area (Å²) >= 11 is 0. The Bertz CT molecular complexity index is 2430. The number of fused-ring (bicyclic) bond motifs is 4. The Labute approximate surface area is 372 Å². The molecule has 0 saturated carbocycles. The molecule has 14 nitrogen and oxygen atoms in total. The van der Waals surface area contributed by atoms with Gasteiger partial charge in [0.05, 0.1) is 6.54 Å². The van der Waals surface area contributed by atoms with Gasteiger partial charge in [-0.2, -0.15) is 0 Å². The van der Waals surface area contributed by atoms with Crippen molar-refractivity contribution in [3.05, 3.63) is 138 Å². The maximum absolute atomic E-state index is 14.5. The third-order valence-corrected chi connectivity index (χ3v) is 11.4. The molecule has 0 unspecified atom stereocenters. The second kappa shape index (κ2) is 20.1. The average Bonchev–Trinajstić information content (AvgIpc) is 3.60. The lowest BCUT2D eigenvalue weighted by Crippen LogP contribution is -2.62. The SMILES string of the molecule is CC(C)(C)OC(=O)NCCOc1ccc(C[C@H](NC(=O)OCC2c3ccccc3-c3ccccc32)C(=O)N[C@@H](Cc2ccc3ccccc3c2)C(=O)NC2(C(=O)O)CCOCC2)cc1. The van der Waals surface area contributed by atoms with E-state index in [1.54, 1.807) is 45.0 Å². The van der Waals surface area contributed by atoms with E-state index in [1.165, 1.54) is 0 Å². The number of hydrogen-bond acceptors (Lipinski definition) is 9. The lowest BCUT2D eigenvalue weighted by Gasteiger charge is -2.35. The van der Waals surface area contributed by atoms with E-state index in [0.29, 0.717) is 11.3 Å². The number of alkyl carbamates (subject to hydrolysis) is 2. The van der Waals surface area contributed by atoms with Gasteiger partial charge in [-0.15, -0.1) is 0 Å². The van der Waals surface area contributed by atoms with Gasteiger partial charge in [0.2, 0.25) is 11.8 Å². The maximum Gasteiger partial charge on any atom is 0.407 e. The maximum atomic E-state index is 14.5. The second-order valence-electron chi connectivity index (χ2n) is 17.1. The zero-order valence-corrected chi connectivity index (χ0v) is 36.2. The Kier molecular flexibility index (Phi) is 14.1. The van der Waals surface area contributed by atoms with Gasteiger partial charge in [-0.25, -0.2) is 14.4 Å². The molecule has 0 aromatic heterocycles. The van der Waals surface area contributed by atoms with Crippen molar-refractivity contribution in [1.82, 2.24) is 21.3 Å². The Morgan fingerprint density at radius 1 is 0.719 bits per heavy atom. The van der Waals surface area contributed by atoms with E-state index in [-0.39, 0.29) is 64.6 Å². The summed E-state index contributed by atoms with van der Waals surface area (Å²) in [5, 5.41) is 23.2. The summed E-state index contributed by atoms with van der Waals surface area (Å²) in [6, 6.07) is 33.8. The molecular weight excluding hydrogens is 817 g/mol. The van der Waals surface area contributed by atoms with E-state index in [0.717, 1.165) is 38.6 Å². The van der Waals surface area contributed by atoms with Gasteiger partial charge in [0.25, 0.3) is 0 Å². The molecule has 0 bridgehead atoms. The van der Waals surface area contributed by atoms with Crippen molar-refractivity contribution in [2.24, 2.45) is 0 Å². The third-order valence-electron chi connectivity index (χ3n) is 11.4. The van der Waals surface area contributed by atoms with Crippen LogP contribution in [0.25, 0.3) is 21.9 Å². The summed E-state index contributed by atoms with van der Waals surface area (Å²) in [5.41, 5.74) is 3.35. The molecule has 334 valence electrons. The van der Waals surface area contributed by atoms with Crippen LogP contribution < -0.4 is 26.0 Å². The number of hydrogen-bond donors (Lipinski definition) is 5. The molecule has 0 radical (unpaired) electrons. The second-order valence-corrected chi connectivity index (χ2v) is 17.1. The van der Waals surface area contributed by atoms with Crippen molar-refractivity contribution in [2.75, 3.05) is 33.0 Å². The van der Waals surface area contributed by atoms with Crippen LogP contribution >= 0.6 is 0 Å². The monoisotopic (exact) mass is 870 g/mol. The molecule has 5 aromatic carbocycles. The van der Waals surface area contributed by atoms with Crippen LogP contribution in [0.4, 0.5) is 9.59 Å². The predicted octanol–water partition coefficient (Wildman–Crippen LogP) is 6.67. The van der Waals surface area contributed by atoms with Crippen LogP contribution in [-0.2, 0) is 41.4 Å². The first-order chi connectivity index (χ1) is 30.8. The predicted molar refractivity (Wildman–Crippen MR) is 240 cm³/mol. The highest BCUT2D eigenvalue weighted by molar-refractivity contribution is 5.94. The summed E-state index contributed by atoms with van der Waals surface area (Å²) in [4.78, 5) is 67.1. The number of carbonyl (C=O) groups excluding carboxylic acids is 4. The highest BCUT2D eigenvalue weighted by Gasteiger charge is 2.43. The number of aliphatic carboxylic acids is 1. The molecule has 1 saturated heterocycles. The molecule has 5 N–H and O–H groups in total. The summed E-state index contributed by atoms with van der Waals surface area (Å²) in [6.07, 6.45) is -1.25. The van der Waals surface area contributed by atoms with Crippen molar-refractivity contribution in [1.29, 1.82) is 0 Å². The summed E-state index contributed by atoms with van der Waals surface area (Å²) in [6.45, 7) is 6.01. The number of benzene rings is 5. The largest absolute Gasteiger partial charge is 0.492 e. The fourth-order valence-corrected chi connectivity index (χ4v) is 8.10. The molecule has 4 amide bonds. The van der Waals surface area contributed by atoms with Crippen LogP contribution in [0, 0.1) is 0 Å². The van der Waals surface area contributed by atoms with Crippen molar-refractivity contribution in [2.45, 2.75) is 75.6 Å². The number of carboxylic acids is 1. The van der Waals surface area contributed by atoms with Crippen LogP contribution in [0.2, 0.25) is 0 Å². The third kappa shape index (κ3) is 11.4. The smallest absolute Gasteiger partial charge is 0.407 e. The average molecular weight is 871 g/mol. The molecule has 7 rings (SSSR count). The molecule has 1 aliphatic carbocycles. The Morgan fingerprint density at radius 3 is 1.97 bits per heavy atom. The summed E-state index contributed by atoms with van der Waals surface area (Å²) in [5.74, 6) is -2.28. The lowest BCUT2D eigenvalue weighted by molar-refractivity contribution is -0.152. The van der Waals surface area contributed by atoms with E-state index in [9.17, 15) is 29.1 Å². The van der Waals surface area contributed by atoms with E-state index in [4.69, 9.17) is 18.9 Å². The number of rotatable bonds is 16. The molecule has 5 aromatic rings. The first kappa shape index (κ1) is 45.1. The van der Waals surface area contributed by atoms with Gasteiger partial charge in [-0.1, -0.05) is 103 Å². The molecule has 1 heterocycles. The van der Waals surface area contributed by atoms with E-state index < -0.39 is 53.2 Å².